The summed E-state index contributed by atoms with van der Waals surface area (Å²) < 4.78 is 0. The third-order valence-electron chi connectivity index (χ3n) is 4.16. The van der Waals surface area contributed by atoms with Crippen LogP contribution >= 0.6 is 0 Å². The van der Waals surface area contributed by atoms with Crippen LogP contribution in [-0.4, -0.2) is 31.3 Å². The standard InChI is InChI=1S/C19H19N3O3/c1-22-16-8-7-13(9-15(16)10-18(22)24)11-20-17(23)12-21-19(25)14-5-3-2-4-6-14/h2-9H,10-12H2,1H3,(H,20,23)(H,21,25). The zero-order valence-corrected chi connectivity index (χ0v) is 13.9. The lowest BCUT2D eigenvalue weighted by Crippen LogP contribution is -2.36. The number of likely N-dealkylation sites (N-methyl/N-ethyl adjacent to an activating group) is 1. The molecule has 0 radical (unpaired) electrons. The number of nitrogens with zero attached hydrogens (tertiary/aromatic N) is 1. The van der Waals surface area contributed by atoms with Crippen LogP contribution in [0.4, 0.5) is 5.69 Å². The van der Waals surface area contributed by atoms with Gasteiger partial charge >= 0.3 is 0 Å². The maximum atomic E-state index is 11.9. The van der Waals surface area contributed by atoms with Crippen molar-refractivity contribution in [2.45, 2.75) is 13.0 Å². The number of anilines is 1. The molecule has 0 saturated carbocycles. The van der Waals surface area contributed by atoms with Gasteiger partial charge in [0.2, 0.25) is 11.8 Å². The van der Waals surface area contributed by atoms with Gasteiger partial charge in [-0.05, 0) is 29.3 Å². The maximum Gasteiger partial charge on any atom is 0.251 e. The highest BCUT2D eigenvalue weighted by Gasteiger charge is 2.23. The summed E-state index contributed by atoms with van der Waals surface area (Å²) in [6.07, 6.45) is 0.390. The van der Waals surface area contributed by atoms with Crippen molar-refractivity contribution >= 4 is 23.4 Å². The molecule has 3 rings (SSSR count). The first-order valence-electron chi connectivity index (χ1n) is 8.03. The summed E-state index contributed by atoms with van der Waals surface area (Å²) in [5, 5.41) is 5.35. The van der Waals surface area contributed by atoms with Gasteiger partial charge in [0.15, 0.2) is 0 Å². The number of carbonyl (C=O) groups excluding carboxylic acids is 3. The molecule has 1 heterocycles. The Kier molecular flexibility index (Phi) is 4.79. The average molecular weight is 337 g/mol. The van der Waals surface area contributed by atoms with E-state index in [4.69, 9.17) is 0 Å². The highest BCUT2D eigenvalue weighted by atomic mass is 16.2. The van der Waals surface area contributed by atoms with Crippen LogP contribution in [-0.2, 0) is 22.6 Å². The van der Waals surface area contributed by atoms with Gasteiger partial charge in [0.05, 0.1) is 13.0 Å². The number of rotatable bonds is 5. The van der Waals surface area contributed by atoms with Crippen molar-refractivity contribution < 1.29 is 14.4 Å². The van der Waals surface area contributed by atoms with Gasteiger partial charge in [-0.1, -0.05) is 30.3 Å². The Hall–Kier alpha value is -3.15. The van der Waals surface area contributed by atoms with Gasteiger partial charge in [0, 0.05) is 24.8 Å². The van der Waals surface area contributed by atoms with Crippen LogP contribution in [0.3, 0.4) is 0 Å². The Labute approximate surface area is 145 Å². The van der Waals surface area contributed by atoms with Gasteiger partial charge in [-0.3, -0.25) is 14.4 Å². The highest BCUT2D eigenvalue weighted by Crippen LogP contribution is 2.28. The van der Waals surface area contributed by atoms with E-state index in [1.54, 1.807) is 36.2 Å². The summed E-state index contributed by atoms with van der Waals surface area (Å²) in [6.45, 7) is 0.269. The minimum Gasteiger partial charge on any atom is -0.350 e. The van der Waals surface area contributed by atoms with Gasteiger partial charge in [0.1, 0.15) is 0 Å². The second kappa shape index (κ2) is 7.17. The fraction of sp³-hybridized carbons (Fsp3) is 0.211. The monoisotopic (exact) mass is 337 g/mol. The van der Waals surface area contributed by atoms with E-state index in [0.29, 0.717) is 18.5 Å². The zero-order chi connectivity index (χ0) is 17.8. The van der Waals surface area contributed by atoms with Crippen molar-refractivity contribution in [1.29, 1.82) is 0 Å². The van der Waals surface area contributed by atoms with Crippen molar-refractivity contribution in [3.63, 3.8) is 0 Å². The Morgan fingerprint density at radius 2 is 1.84 bits per heavy atom. The Morgan fingerprint density at radius 1 is 1.08 bits per heavy atom. The van der Waals surface area contributed by atoms with Gasteiger partial charge in [0.25, 0.3) is 5.91 Å². The molecule has 128 valence electrons. The lowest BCUT2D eigenvalue weighted by molar-refractivity contribution is -0.120. The predicted molar refractivity (Wildman–Crippen MR) is 94.2 cm³/mol. The molecule has 2 aromatic rings. The van der Waals surface area contributed by atoms with Crippen LogP contribution in [0, 0.1) is 0 Å². The molecular weight excluding hydrogens is 318 g/mol. The summed E-state index contributed by atoms with van der Waals surface area (Å²) in [6, 6.07) is 14.4. The van der Waals surface area contributed by atoms with Crippen LogP contribution < -0.4 is 15.5 Å². The first-order valence-corrected chi connectivity index (χ1v) is 8.03. The summed E-state index contributed by atoms with van der Waals surface area (Å²) in [5.74, 6) is -0.479. The molecular formula is C19H19N3O3. The molecule has 0 unspecified atom stereocenters. The lowest BCUT2D eigenvalue weighted by Gasteiger charge is -2.11. The minimum absolute atomic E-state index is 0.0693. The van der Waals surface area contributed by atoms with Gasteiger partial charge in [-0.25, -0.2) is 0 Å². The predicted octanol–water partition coefficient (Wildman–Crippen LogP) is 1.25. The molecule has 0 atom stereocenters. The van der Waals surface area contributed by atoms with Crippen LogP contribution in [0.5, 0.6) is 0 Å². The van der Waals surface area contributed by atoms with Gasteiger partial charge in [-0.2, -0.15) is 0 Å². The van der Waals surface area contributed by atoms with Crippen molar-refractivity contribution in [2.75, 3.05) is 18.5 Å². The second-order valence-electron chi connectivity index (χ2n) is 5.92. The molecule has 2 aromatic carbocycles. The van der Waals surface area contributed by atoms with E-state index >= 15 is 0 Å². The Morgan fingerprint density at radius 3 is 2.60 bits per heavy atom. The van der Waals surface area contributed by atoms with E-state index in [0.717, 1.165) is 16.8 Å². The maximum absolute atomic E-state index is 11.9. The van der Waals surface area contributed by atoms with E-state index in [1.807, 2.05) is 24.3 Å². The van der Waals surface area contributed by atoms with E-state index in [9.17, 15) is 14.4 Å². The summed E-state index contributed by atoms with van der Waals surface area (Å²) >= 11 is 0. The first-order chi connectivity index (χ1) is 12.0. The first kappa shape index (κ1) is 16.7. The van der Waals surface area contributed by atoms with Crippen molar-refractivity contribution in [3.05, 3.63) is 65.2 Å². The molecule has 0 spiro atoms. The van der Waals surface area contributed by atoms with Gasteiger partial charge < -0.3 is 15.5 Å². The van der Waals surface area contributed by atoms with Crippen molar-refractivity contribution in [3.8, 4) is 0 Å². The summed E-state index contributed by atoms with van der Waals surface area (Å²) in [4.78, 5) is 37.1. The van der Waals surface area contributed by atoms with E-state index in [-0.39, 0.29) is 24.3 Å². The molecule has 0 aromatic heterocycles. The third-order valence-corrected chi connectivity index (χ3v) is 4.16. The third kappa shape index (κ3) is 3.85. The quantitative estimate of drug-likeness (QED) is 0.862. The Bertz CT molecular complexity index is 818. The number of nitrogens with one attached hydrogen (secondary N) is 2. The molecule has 0 aliphatic carbocycles. The van der Waals surface area contributed by atoms with E-state index in [2.05, 4.69) is 10.6 Å². The molecule has 1 aliphatic rings. The van der Waals surface area contributed by atoms with Gasteiger partial charge in [-0.15, -0.1) is 0 Å². The van der Waals surface area contributed by atoms with Crippen LogP contribution in [0.2, 0.25) is 0 Å². The van der Waals surface area contributed by atoms with Crippen molar-refractivity contribution in [2.24, 2.45) is 0 Å². The molecule has 1 aliphatic heterocycles. The summed E-state index contributed by atoms with van der Waals surface area (Å²) in [7, 11) is 1.75. The fourth-order valence-electron chi connectivity index (χ4n) is 2.75. The second-order valence-corrected chi connectivity index (χ2v) is 5.92. The van der Waals surface area contributed by atoms with Crippen LogP contribution in [0.15, 0.2) is 48.5 Å². The molecule has 25 heavy (non-hydrogen) atoms. The largest absolute Gasteiger partial charge is 0.350 e. The fourth-order valence-corrected chi connectivity index (χ4v) is 2.75. The molecule has 3 amide bonds. The number of amides is 3. The normalized spacial score (nSPS) is 12.7. The lowest BCUT2D eigenvalue weighted by atomic mass is 10.1. The topological polar surface area (TPSA) is 78.5 Å². The van der Waals surface area contributed by atoms with E-state index < -0.39 is 0 Å². The van der Waals surface area contributed by atoms with Crippen LogP contribution in [0.25, 0.3) is 0 Å². The average Bonchev–Trinajstić information content (AvgIpc) is 2.92. The number of hydrogen-bond donors (Lipinski definition) is 2. The molecule has 2 N–H and O–H groups in total. The van der Waals surface area contributed by atoms with E-state index in [1.165, 1.54) is 0 Å². The smallest absolute Gasteiger partial charge is 0.251 e. The molecule has 6 heteroatoms. The summed E-state index contributed by atoms with van der Waals surface area (Å²) in [5.41, 5.74) is 3.32. The number of benzene rings is 2. The number of fused-ring (bicyclic) bond motifs is 1. The highest BCUT2D eigenvalue weighted by molar-refractivity contribution is 6.01. The molecule has 0 bridgehead atoms. The minimum atomic E-state index is -0.283. The number of carbonyl (C=O) groups is 3. The molecule has 0 saturated heterocycles. The number of hydrogen-bond acceptors (Lipinski definition) is 3. The molecule has 6 nitrogen and oxygen atoms in total. The SMILES string of the molecule is CN1C(=O)Cc2cc(CNC(=O)CNC(=O)c3ccccc3)ccc21. The zero-order valence-electron chi connectivity index (χ0n) is 13.9. The van der Waals surface area contributed by atoms with Crippen LogP contribution in [0.1, 0.15) is 21.5 Å². The Balaban J connectivity index is 1.49. The van der Waals surface area contributed by atoms with Crippen molar-refractivity contribution in [1.82, 2.24) is 10.6 Å². The molecule has 0 fully saturated rings.